The maximum absolute atomic E-state index is 8.93. The molecule has 1 N–H and O–H groups in total. The van der Waals surface area contributed by atoms with Gasteiger partial charge in [-0.2, -0.15) is 10.4 Å². The van der Waals surface area contributed by atoms with E-state index in [0.29, 0.717) is 10.7 Å². The predicted molar refractivity (Wildman–Crippen MR) is 56.4 cm³/mol. The number of hydrogen-bond donors (Lipinski definition) is 1. The van der Waals surface area contributed by atoms with Crippen LogP contribution < -0.4 is 0 Å². The van der Waals surface area contributed by atoms with Crippen molar-refractivity contribution in [3.05, 3.63) is 35.7 Å². The monoisotopic (exact) mass is 216 g/mol. The van der Waals surface area contributed by atoms with Gasteiger partial charge < -0.3 is 0 Å². The minimum absolute atomic E-state index is 0.655. The molecular weight excluding hydrogens is 208 g/mol. The summed E-state index contributed by atoms with van der Waals surface area (Å²) in [4.78, 5) is 4.90. The molecule has 0 radical (unpaired) electrons. The highest BCUT2D eigenvalue weighted by molar-refractivity contribution is 7.99. The second-order valence-corrected chi connectivity index (χ2v) is 4.03. The highest BCUT2D eigenvalue weighted by Crippen LogP contribution is 2.27. The second kappa shape index (κ2) is 4.15. The first kappa shape index (κ1) is 9.74. The van der Waals surface area contributed by atoms with Gasteiger partial charge in [0, 0.05) is 4.90 Å². The van der Waals surface area contributed by atoms with Gasteiger partial charge in [-0.3, -0.25) is 5.10 Å². The number of nitrogens with one attached hydrogen (secondary N) is 1. The SMILES string of the molecule is Cc1ccc(C#N)c(Sc2ncn[nH]2)c1. The average molecular weight is 216 g/mol. The molecule has 0 amide bonds. The third-order valence-corrected chi connectivity index (χ3v) is 2.80. The summed E-state index contributed by atoms with van der Waals surface area (Å²) >= 11 is 1.41. The predicted octanol–water partition coefficient (Wildman–Crippen LogP) is 2.14. The average Bonchev–Trinajstić information content (AvgIpc) is 2.71. The molecule has 0 fully saturated rings. The molecule has 0 saturated carbocycles. The van der Waals surface area contributed by atoms with Crippen LogP contribution in [-0.4, -0.2) is 15.2 Å². The highest BCUT2D eigenvalue weighted by atomic mass is 32.2. The van der Waals surface area contributed by atoms with Crippen LogP contribution in [0, 0.1) is 18.3 Å². The topological polar surface area (TPSA) is 65.4 Å². The van der Waals surface area contributed by atoms with Crippen LogP contribution >= 0.6 is 11.8 Å². The van der Waals surface area contributed by atoms with E-state index < -0.39 is 0 Å². The first-order chi connectivity index (χ1) is 7.29. The van der Waals surface area contributed by atoms with Gasteiger partial charge in [-0.05, 0) is 36.4 Å². The normalized spacial score (nSPS) is 9.87. The van der Waals surface area contributed by atoms with E-state index in [-0.39, 0.29) is 0 Å². The molecule has 2 aromatic rings. The summed E-state index contributed by atoms with van der Waals surface area (Å²) in [6.45, 7) is 1.99. The summed E-state index contributed by atoms with van der Waals surface area (Å²) in [6, 6.07) is 7.85. The van der Waals surface area contributed by atoms with E-state index in [2.05, 4.69) is 21.3 Å². The largest absolute Gasteiger partial charge is 0.254 e. The van der Waals surface area contributed by atoms with Gasteiger partial charge in [-0.15, -0.1) is 0 Å². The Morgan fingerprint density at radius 1 is 1.47 bits per heavy atom. The van der Waals surface area contributed by atoms with Crippen LogP contribution in [0.15, 0.2) is 34.6 Å². The Labute approximate surface area is 91.4 Å². The molecule has 1 aromatic carbocycles. The lowest BCUT2D eigenvalue weighted by molar-refractivity contribution is 0.972. The Hall–Kier alpha value is -1.80. The summed E-state index contributed by atoms with van der Waals surface area (Å²) in [5.74, 6) is 0. The van der Waals surface area contributed by atoms with Gasteiger partial charge in [0.25, 0.3) is 0 Å². The van der Waals surface area contributed by atoms with E-state index in [1.807, 2.05) is 25.1 Å². The molecule has 0 aliphatic carbocycles. The third-order valence-electron chi connectivity index (χ3n) is 1.86. The Bertz CT molecular complexity index is 499. The van der Waals surface area contributed by atoms with Gasteiger partial charge in [0.1, 0.15) is 12.4 Å². The zero-order valence-corrected chi connectivity index (χ0v) is 8.88. The van der Waals surface area contributed by atoms with Crippen LogP contribution in [0.3, 0.4) is 0 Å². The number of nitriles is 1. The van der Waals surface area contributed by atoms with Crippen LogP contribution in [0.1, 0.15) is 11.1 Å². The standard InChI is InChI=1S/C10H8N4S/c1-7-2-3-8(5-11)9(4-7)15-10-12-6-13-14-10/h2-4,6H,1H3,(H,12,13,14). The second-order valence-electron chi connectivity index (χ2n) is 3.00. The summed E-state index contributed by atoms with van der Waals surface area (Å²) in [5.41, 5.74) is 1.78. The molecule has 5 heteroatoms. The summed E-state index contributed by atoms with van der Waals surface area (Å²) in [7, 11) is 0. The van der Waals surface area contributed by atoms with Crippen molar-refractivity contribution < 1.29 is 0 Å². The summed E-state index contributed by atoms with van der Waals surface area (Å²) in [6.07, 6.45) is 1.45. The van der Waals surface area contributed by atoms with Gasteiger partial charge in [0.15, 0.2) is 5.16 Å². The quantitative estimate of drug-likeness (QED) is 0.835. The van der Waals surface area contributed by atoms with Gasteiger partial charge in [0.2, 0.25) is 0 Å². The third kappa shape index (κ3) is 2.17. The fourth-order valence-corrected chi connectivity index (χ4v) is 2.03. The molecule has 0 aliphatic heterocycles. The number of benzene rings is 1. The van der Waals surface area contributed by atoms with Crippen LogP contribution in [0.2, 0.25) is 0 Å². The van der Waals surface area contributed by atoms with Crippen molar-refractivity contribution in [3.8, 4) is 6.07 Å². The molecule has 1 heterocycles. The molecule has 2 rings (SSSR count). The number of nitrogens with zero attached hydrogens (tertiary/aromatic N) is 3. The van der Waals surface area contributed by atoms with Crippen LogP contribution in [0.4, 0.5) is 0 Å². The van der Waals surface area contributed by atoms with Gasteiger partial charge >= 0.3 is 0 Å². The van der Waals surface area contributed by atoms with Crippen molar-refractivity contribution >= 4 is 11.8 Å². The molecule has 0 atom stereocenters. The fraction of sp³-hybridized carbons (Fsp3) is 0.100. The van der Waals surface area contributed by atoms with E-state index in [9.17, 15) is 0 Å². The van der Waals surface area contributed by atoms with Crippen molar-refractivity contribution in [2.45, 2.75) is 17.0 Å². The van der Waals surface area contributed by atoms with E-state index in [1.165, 1.54) is 18.1 Å². The minimum Gasteiger partial charge on any atom is -0.254 e. The zero-order chi connectivity index (χ0) is 10.7. The first-order valence-corrected chi connectivity index (χ1v) is 5.15. The van der Waals surface area contributed by atoms with Crippen LogP contribution in [0.25, 0.3) is 0 Å². The van der Waals surface area contributed by atoms with Crippen molar-refractivity contribution in [1.29, 1.82) is 5.26 Å². The van der Waals surface area contributed by atoms with E-state index in [0.717, 1.165) is 10.5 Å². The first-order valence-electron chi connectivity index (χ1n) is 4.33. The number of aromatic amines is 1. The smallest absolute Gasteiger partial charge is 0.188 e. The molecule has 4 nitrogen and oxygen atoms in total. The van der Waals surface area contributed by atoms with Crippen LogP contribution in [-0.2, 0) is 0 Å². The molecule has 0 saturated heterocycles. The number of aryl methyl sites for hydroxylation is 1. The maximum Gasteiger partial charge on any atom is 0.188 e. The van der Waals surface area contributed by atoms with E-state index in [1.54, 1.807) is 0 Å². The molecule has 0 spiro atoms. The Morgan fingerprint density at radius 3 is 3.00 bits per heavy atom. The molecule has 1 aromatic heterocycles. The maximum atomic E-state index is 8.93. The minimum atomic E-state index is 0.655. The Kier molecular flexibility index (Phi) is 2.70. The fourth-order valence-electron chi connectivity index (χ4n) is 1.15. The molecule has 0 bridgehead atoms. The van der Waals surface area contributed by atoms with Crippen molar-refractivity contribution in [2.75, 3.05) is 0 Å². The number of rotatable bonds is 2. The molecule has 0 unspecified atom stereocenters. The summed E-state index contributed by atoms with van der Waals surface area (Å²) < 4.78 is 0. The Morgan fingerprint density at radius 2 is 2.33 bits per heavy atom. The lowest BCUT2D eigenvalue weighted by Gasteiger charge is -2.01. The van der Waals surface area contributed by atoms with Crippen LogP contribution in [0.5, 0.6) is 0 Å². The van der Waals surface area contributed by atoms with E-state index >= 15 is 0 Å². The number of hydrogen-bond acceptors (Lipinski definition) is 4. The molecular formula is C10H8N4S. The molecule has 74 valence electrons. The Balaban J connectivity index is 2.35. The summed E-state index contributed by atoms with van der Waals surface area (Å²) in [5, 5.41) is 16.1. The van der Waals surface area contributed by atoms with Crippen molar-refractivity contribution in [2.24, 2.45) is 0 Å². The van der Waals surface area contributed by atoms with E-state index in [4.69, 9.17) is 5.26 Å². The zero-order valence-electron chi connectivity index (χ0n) is 8.06. The molecule has 15 heavy (non-hydrogen) atoms. The lowest BCUT2D eigenvalue weighted by Crippen LogP contribution is -1.84. The number of aromatic nitrogens is 3. The van der Waals surface area contributed by atoms with Gasteiger partial charge in [-0.1, -0.05) is 6.07 Å². The number of H-pyrrole nitrogens is 1. The van der Waals surface area contributed by atoms with Crippen molar-refractivity contribution in [1.82, 2.24) is 15.2 Å². The lowest BCUT2D eigenvalue weighted by atomic mass is 10.2. The highest BCUT2D eigenvalue weighted by Gasteiger charge is 2.05. The van der Waals surface area contributed by atoms with Crippen molar-refractivity contribution in [3.63, 3.8) is 0 Å². The van der Waals surface area contributed by atoms with Gasteiger partial charge in [-0.25, -0.2) is 4.98 Å². The van der Waals surface area contributed by atoms with Gasteiger partial charge in [0.05, 0.1) is 5.56 Å². The molecule has 0 aliphatic rings.